The van der Waals surface area contributed by atoms with Gasteiger partial charge >= 0.3 is 0 Å². The number of nitrogens with one attached hydrogen (secondary N) is 1. The van der Waals surface area contributed by atoms with Crippen LogP contribution in [0.2, 0.25) is 0 Å². The normalized spacial score (nSPS) is 21.9. The van der Waals surface area contributed by atoms with Crippen molar-refractivity contribution in [3.05, 3.63) is 0 Å². The molecule has 1 atom stereocenters. The second kappa shape index (κ2) is 7.29. The van der Waals surface area contributed by atoms with E-state index in [0.29, 0.717) is 6.04 Å². The highest BCUT2D eigenvalue weighted by molar-refractivity contribution is 4.85. The van der Waals surface area contributed by atoms with Gasteiger partial charge in [0.25, 0.3) is 0 Å². The van der Waals surface area contributed by atoms with Gasteiger partial charge in [-0.15, -0.1) is 0 Å². The molecule has 1 aliphatic carbocycles. The van der Waals surface area contributed by atoms with Crippen LogP contribution in [0.5, 0.6) is 0 Å². The quantitative estimate of drug-likeness (QED) is 0.654. The smallest absolute Gasteiger partial charge is 0.0771 e. The topological polar surface area (TPSA) is 32.3 Å². The van der Waals surface area contributed by atoms with Crippen LogP contribution in [0.3, 0.4) is 0 Å². The number of hydrogen-bond donors (Lipinski definition) is 2. The van der Waals surface area contributed by atoms with E-state index >= 15 is 0 Å². The molecule has 1 fully saturated rings. The first-order valence-electron chi connectivity index (χ1n) is 7.12. The third-order valence-corrected chi connectivity index (χ3v) is 3.80. The van der Waals surface area contributed by atoms with E-state index < -0.39 is 5.60 Å². The van der Waals surface area contributed by atoms with Crippen LogP contribution in [-0.2, 0) is 0 Å². The second-order valence-corrected chi connectivity index (χ2v) is 5.56. The fourth-order valence-corrected chi connectivity index (χ4v) is 2.55. The lowest BCUT2D eigenvalue weighted by atomic mass is 9.84. The van der Waals surface area contributed by atoms with Gasteiger partial charge in [0.1, 0.15) is 0 Å². The third kappa shape index (κ3) is 5.31. The van der Waals surface area contributed by atoms with Gasteiger partial charge in [0.2, 0.25) is 0 Å². The van der Waals surface area contributed by atoms with Gasteiger partial charge in [-0.1, -0.05) is 45.4 Å². The Labute approximate surface area is 101 Å². The zero-order valence-electron chi connectivity index (χ0n) is 11.1. The molecule has 0 heterocycles. The molecule has 0 radical (unpaired) electrons. The van der Waals surface area contributed by atoms with E-state index in [2.05, 4.69) is 19.2 Å². The summed E-state index contributed by atoms with van der Waals surface area (Å²) in [7, 11) is 0. The van der Waals surface area contributed by atoms with Crippen LogP contribution in [-0.4, -0.2) is 23.3 Å². The van der Waals surface area contributed by atoms with Crippen LogP contribution in [0.4, 0.5) is 0 Å². The Bertz CT molecular complexity index is 176. The summed E-state index contributed by atoms with van der Waals surface area (Å²) < 4.78 is 0. The number of aliphatic hydroxyl groups is 1. The first kappa shape index (κ1) is 14.0. The molecule has 1 unspecified atom stereocenters. The average molecular weight is 227 g/mol. The molecule has 2 nitrogen and oxygen atoms in total. The van der Waals surface area contributed by atoms with Gasteiger partial charge in [-0.3, -0.25) is 0 Å². The second-order valence-electron chi connectivity index (χ2n) is 5.56. The number of hydrogen-bond acceptors (Lipinski definition) is 2. The van der Waals surface area contributed by atoms with Crippen LogP contribution >= 0.6 is 0 Å². The van der Waals surface area contributed by atoms with Gasteiger partial charge < -0.3 is 10.4 Å². The molecule has 1 rings (SSSR count). The molecule has 2 heteroatoms. The minimum absolute atomic E-state index is 0.405. The van der Waals surface area contributed by atoms with Gasteiger partial charge in [-0.2, -0.15) is 0 Å². The molecule has 0 amide bonds. The summed E-state index contributed by atoms with van der Waals surface area (Å²) in [5.41, 5.74) is -0.405. The molecule has 96 valence electrons. The van der Waals surface area contributed by atoms with Crippen LogP contribution in [0.1, 0.15) is 71.6 Å². The summed E-state index contributed by atoms with van der Waals surface area (Å²) in [5.74, 6) is 0. The Morgan fingerprint density at radius 3 is 2.50 bits per heavy atom. The summed E-state index contributed by atoms with van der Waals surface area (Å²) in [4.78, 5) is 0. The Kier molecular flexibility index (Phi) is 6.37. The van der Waals surface area contributed by atoms with Gasteiger partial charge in [-0.25, -0.2) is 0 Å². The van der Waals surface area contributed by atoms with E-state index in [-0.39, 0.29) is 0 Å². The fourth-order valence-electron chi connectivity index (χ4n) is 2.55. The molecule has 0 aromatic carbocycles. The Balaban J connectivity index is 2.12. The number of rotatable bonds is 7. The van der Waals surface area contributed by atoms with Gasteiger partial charge in [-0.05, 0) is 26.2 Å². The van der Waals surface area contributed by atoms with E-state index in [0.717, 1.165) is 19.4 Å². The molecule has 0 bridgehead atoms. The molecular formula is C14H29NO. The van der Waals surface area contributed by atoms with Crippen LogP contribution in [0.15, 0.2) is 0 Å². The molecule has 0 aromatic heterocycles. The summed E-state index contributed by atoms with van der Waals surface area (Å²) >= 11 is 0. The number of unbranched alkanes of at least 4 members (excludes halogenated alkanes) is 2. The first-order chi connectivity index (χ1) is 7.66. The summed E-state index contributed by atoms with van der Waals surface area (Å²) in [6.45, 7) is 5.27. The van der Waals surface area contributed by atoms with Crippen LogP contribution in [0, 0.1) is 0 Å². The summed E-state index contributed by atoms with van der Waals surface area (Å²) in [6, 6.07) is 0.553. The maximum absolute atomic E-state index is 10.3. The Morgan fingerprint density at radius 2 is 1.88 bits per heavy atom. The molecule has 2 N–H and O–H groups in total. The SMILES string of the molecule is CCCCCC(C)NCC1(O)CCCCC1. The zero-order chi connectivity index (χ0) is 11.9. The molecule has 0 aliphatic heterocycles. The monoisotopic (exact) mass is 227 g/mol. The molecule has 0 spiro atoms. The van der Waals surface area contributed by atoms with E-state index in [1.165, 1.54) is 44.9 Å². The standard InChI is InChI=1S/C14H29NO/c1-3-4-6-9-13(2)15-12-14(16)10-7-5-8-11-14/h13,15-16H,3-12H2,1-2H3. The maximum atomic E-state index is 10.3. The summed E-state index contributed by atoms with van der Waals surface area (Å²) in [5, 5.41) is 13.8. The minimum atomic E-state index is -0.405. The molecule has 16 heavy (non-hydrogen) atoms. The van der Waals surface area contributed by atoms with E-state index in [9.17, 15) is 5.11 Å². The first-order valence-corrected chi connectivity index (χ1v) is 7.12. The van der Waals surface area contributed by atoms with E-state index in [1.54, 1.807) is 0 Å². The maximum Gasteiger partial charge on any atom is 0.0771 e. The molecule has 0 aromatic rings. The van der Waals surface area contributed by atoms with Crippen molar-refractivity contribution in [1.29, 1.82) is 0 Å². The van der Waals surface area contributed by atoms with Crippen molar-refractivity contribution in [1.82, 2.24) is 5.32 Å². The van der Waals surface area contributed by atoms with E-state index in [1.807, 2.05) is 0 Å². The van der Waals surface area contributed by atoms with Gasteiger partial charge in [0.05, 0.1) is 5.60 Å². The Morgan fingerprint density at radius 1 is 1.19 bits per heavy atom. The third-order valence-electron chi connectivity index (χ3n) is 3.80. The molecule has 1 aliphatic rings. The lowest BCUT2D eigenvalue weighted by Gasteiger charge is -2.33. The van der Waals surface area contributed by atoms with Crippen molar-refractivity contribution in [2.45, 2.75) is 83.3 Å². The van der Waals surface area contributed by atoms with Gasteiger partial charge in [0, 0.05) is 12.6 Å². The van der Waals surface area contributed by atoms with Crippen molar-refractivity contribution in [3.8, 4) is 0 Å². The van der Waals surface area contributed by atoms with Gasteiger partial charge in [0.15, 0.2) is 0 Å². The van der Waals surface area contributed by atoms with E-state index in [4.69, 9.17) is 0 Å². The van der Waals surface area contributed by atoms with Crippen molar-refractivity contribution >= 4 is 0 Å². The lowest BCUT2D eigenvalue weighted by molar-refractivity contribution is 0.00282. The highest BCUT2D eigenvalue weighted by Crippen LogP contribution is 2.27. The van der Waals surface area contributed by atoms with Crippen LogP contribution < -0.4 is 5.32 Å². The molecular weight excluding hydrogens is 198 g/mol. The summed E-state index contributed by atoms with van der Waals surface area (Å²) in [6.07, 6.45) is 10.8. The fraction of sp³-hybridized carbons (Fsp3) is 1.00. The van der Waals surface area contributed by atoms with Crippen molar-refractivity contribution < 1.29 is 5.11 Å². The van der Waals surface area contributed by atoms with Crippen molar-refractivity contribution in [2.75, 3.05) is 6.54 Å². The predicted molar refractivity (Wildman–Crippen MR) is 69.6 cm³/mol. The van der Waals surface area contributed by atoms with Crippen molar-refractivity contribution in [2.24, 2.45) is 0 Å². The van der Waals surface area contributed by atoms with Crippen molar-refractivity contribution in [3.63, 3.8) is 0 Å². The molecule has 0 saturated heterocycles. The zero-order valence-corrected chi connectivity index (χ0v) is 11.1. The lowest BCUT2D eigenvalue weighted by Crippen LogP contribution is -2.44. The Hall–Kier alpha value is -0.0800. The molecule has 1 saturated carbocycles. The highest BCUT2D eigenvalue weighted by Gasteiger charge is 2.28. The largest absolute Gasteiger partial charge is 0.389 e. The average Bonchev–Trinajstić information content (AvgIpc) is 2.28. The highest BCUT2D eigenvalue weighted by atomic mass is 16.3. The minimum Gasteiger partial charge on any atom is -0.389 e. The van der Waals surface area contributed by atoms with Crippen LogP contribution in [0.25, 0.3) is 0 Å². The predicted octanol–water partition coefficient (Wildman–Crippen LogP) is 3.24.